The zero-order valence-corrected chi connectivity index (χ0v) is 10.4. The summed E-state index contributed by atoms with van der Waals surface area (Å²) in [6, 6.07) is 7.45. The van der Waals surface area contributed by atoms with Gasteiger partial charge in [0.25, 0.3) is 0 Å². The van der Waals surface area contributed by atoms with Crippen LogP contribution in [0.2, 0.25) is 10.4 Å². The van der Waals surface area contributed by atoms with Crippen molar-refractivity contribution in [1.29, 1.82) is 0 Å². The SMILES string of the molecule is Clc1cc(NCCc2ccccn2)nc(Cl)n1. The van der Waals surface area contributed by atoms with Crippen molar-refractivity contribution in [2.24, 2.45) is 0 Å². The molecule has 0 saturated carbocycles. The number of nitrogens with zero attached hydrogens (tertiary/aromatic N) is 3. The van der Waals surface area contributed by atoms with Gasteiger partial charge in [0.05, 0.1) is 0 Å². The first kappa shape index (κ1) is 12.1. The third-order valence-corrected chi connectivity index (χ3v) is 2.44. The van der Waals surface area contributed by atoms with Gasteiger partial charge in [-0.05, 0) is 23.7 Å². The molecule has 0 spiro atoms. The second-order valence-corrected chi connectivity index (χ2v) is 4.07. The fraction of sp³-hybridized carbons (Fsp3) is 0.182. The summed E-state index contributed by atoms with van der Waals surface area (Å²) in [5, 5.41) is 3.58. The molecule has 2 aromatic rings. The number of halogens is 2. The first-order valence-corrected chi connectivity index (χ1v) is 5.83. The Morgan fingerprint density at radius 3 is 2.76 bits per heavy atom. The molecule has 6 heteroatoms. The van der Waals surface area contributed by atoms with Gasteiger partial charge in [0.15, 0.2) is 0 Å². The minimum atomic E-state index is 0.137. The molecule has 0 aromatic carbocycles. The van der Waals surface area contributed by atoms with Gasteiger partial charge in [0.1, 0.15) is 11.0 Å². The van der Waals surface area contributed by atoms with Gasteiger partial charge < -0.3 is 5.32 Å². The number of anilines is 1. The maximum Gasteiger partial charge on any atom is 0.225 e. The van der Waals surface area contributed by atoms with Crippen molar-refractivity contribution in [3.05, 3.63) is 46.6 Å². The number of rotatable bonds is 4. The molecule has 2 aromatic heterocycles. The molecule has 1 N–H and O–H groups in total. The van der Waals surface area contributed by atoms with E-state index < -0.39 is 0 Å². The van der Waals surface area contributed by atoms with Crippen molar-refractivity contribution in [1.82, 2.24) is 15.0 Å². The van der Waals surface area contributed by atoms with Crippen LogP contribution in [0.3, 0.4) is 0 Å². The van der Waals surface area contributed by atoms with Crippen LogP contribution in [-0.2, 0) is 6.42 Å². The molecule has 2 heterocycles. The predicted molar refractivity (Wildman–Crippen MR) is 68.5 cm³/mol. The van der Waals surface area contributed by atoms with E-state index in [0.29, 0.717) is 17.5 Å². The quantitative estimate of drug-likeness (QED) is 0.685. The van der Waals surface area contributed by atoms with Crippen LogP contribution in [0.4, 0.5) is 5.82 Å². The normalized spacial score (nSPS) is 10.2. The summed E-state index contributed by atoms with van der Waals surface area (Å²) in [5.74, 6) is 0.617. The Bertz CT molecular complexity index is 470. The summed E-state index contributed by atoms with van der Waals surface area (Å²) < 4.78 is 0. The first-order valence-electron chi connectivity index (χ1n) is 5.08. The molecule has 0 bridgehead atoms. The van der Waals surface area contributed by atoms with E-state index in [-0.39, 0.29) is 5.28 Å². The average molecular weight is 269 g/mol. The maximum atomic E-state index is 5.76. The molecular formula is C11H10Cl2N4. The van der Waals surface area contributed by atoms with Crippen LogP contribution >= 0.6 is 23.2 Å². The molecule has 0 aliphatic carbocycles. The van der Waals surface area contributed by atoms with E-state index >= 15 is 0 Å². The van der Waals surface area contributed by atoms with Crippen LogP contribution in [0.25, 0.3) is 0 Å². The van der Waals surface area contributed by atoms with Crippen LogP contribution in [0, 0.1) is 0 Å². The smallest absolute Gasteiger partial charge is 0.225 e. The Morgan fingerprint density at radius 2 is 2.06 bits per heavy atom. The van der Waals surface area contributed by atoms with Crippen molar-refractivity contribution in [3.63, 3.8) is 0 Å². The highest BCUT2D eigenvalue weighted by molar-refractivity contribution is 6.32. The van der Waals surface area contributed by atoms with Gasteiger partial charge in [-0.3, -0.25) is 4.98 Å². The third-order valence-electron chi connectivity index (χ3n) is 2.08. The van der Waals surface area contributed by atoms with E-state index in [2.05, 4.69) is 20.3 Å². The van der Waals surface area contributed by atoms with E-state index in [1.54, 1.807) is 12.3 Å². The molecule has 4 nitrogen and oxygen atoms in total. The Morgan fingerprint density at radius 1 is 1.18 bits per heavy atom. The van der Waals surface area contributed by atoms with Gasteiger partial charge in [0, 0.05) is 30.9 Å². The van der Waals surface area contributed by atoms with Crippen molar-refractivity contribution in [2.45, 2.75) is 6.42 Å². The van der Waals surface area contributed by atoms with E-state index in [1.807, 2.05) is 18.2 Å². The lowest BCUT2D eigenvalue weighted by Gasteiger charge is -2.05. The lowest BCUT2D eigenvalue weighted by molar-refractivity contribution is 0.951. The molecule has 17 heavy (non-hydrogen) atoms. The number of pyridine rings is 1. The maximum absolute atomic E-state index is 5.76. The number of aromatic nitrogens is 3. The minimum absolute atomic E-state index is 0.137. The van der Waals surface area contributed by atoms with Gasteiger partial charge in [-0.15, -0.1) is 0 Å². The van der Waals surface area contributed by atoms with E-state index in [9.17, 15) is 0 Å². The highest BCUT2D eigenvalue weighted by Gasteiger charge is 2.00. The van der Waals surface area contributed by atoms with Crippen molar-refractivity contribution >= 4 is 29.0 Å². The van der Waals surface area contributed by atoms with Crippen LogP contribution in [0.15, 0.2) is 30.5 Å². The molecule has 0 radical (unpaired) electrons. The van der Waals surface area contributed by atoms with Gasteiger partial charge in [0.2, 0.25) is 5.28 Å². The molecule has 0 aliphatic heterocycles. The van der Waals surface area contributed by atoms with E-state index in [1.165, 1.54) is 0 Å². The fourth-order valence-corrected chi connectivity index (χ4v) is 1.75. The van der Waals surface area contributed by atoms with E-state index in [0.717, 1.165) is 12.1 Å². The second-order valence-electron chi connectivity index (χ2n) is 3.34. The summed E-state index contributed by atoms with van der Waals surface area (Å²) in [6.45, 7) is 0.709. The topological polar surface area (TPSA) is 50.7 Å². The molecule has 0 atom stereocenters. The zero-order chi connectivity index (χ0) is 12.1. The van der Waals surface area contributed by atoms with Gasteiger partial charge in [-0.25, -0.2) is 9.97 Å². The molecule has 0 saturated heterocycles. The summed E-state index contributed by atoms with van der Waals surface area (Å²) in [6.07, 6.45) is 2.58. The Labute approximate surface area is 109 Å². The van der Waals surface area contributed by atoms with E-state index in [4.69, 9.17) is 23.2 Å². The number of hydrogen-bond donors (Lipinski definition) is 1. The Kier molecular flexibility index (Phi) is 4.12. The lowest BCUT2D eigenvalue weighted by atomic mass is 10.3. The fourth-order valence-electron chi connectivity index (χ4n) is 1.35. The van der Waals surface area contributed by atoms with Gasteiger partial charge in [-0.2, -0.15) is 0 Å². The third kappa shape index (κ3) is 3.84. The van der Waals surface area contributed by atoms with Crippen molar-refractivity contribution < 1.29 is 0 Å². The molecular weight excluding hydrogens is 259 g/mol. The highest BCUT2D eigenvalue weighted by Crippen LogP contribution is 2.14. The van der Waals surface area contributed by atoms with Crippen LogP contribution in [-0.4, -0.2) is 21.5 Å². The molecule has 0 amide bonds. The van der Waals surface area contributed by atoms with Crippen LogP contribution < -0.4 is 5.32 Å². The minimum Gasteiger partial charge on any atom is -0.369 e. The number of nitrogens with one attached hydrogen (secondary N) is 1. The molecule has 88 valence electrons. The molecule has 0 unspecified atom stereocenters. The monoisotopic (exact) mass is 268 g/mol. The molecule has 0 aliphatic rings. The van der Waals surface area contributed by atoms with Crippen LogP contribution in [0.1, 0.15) is 5.69 Å². The highest BCUT2D eigenvalue weighted by atomic mass is 35.5. The Balaban J connectivity index is 1.90. The van der Waals surface area contributed by atoms with Crippen molar-refractivity contribution in [2.75, 3.05) is 11.9 Å². The second kappa shape index (κ2) is 5.80. The van der Waals surface area contributed by atoms with Gasteiger partial charge in [-0.1, -0.05) is 17.7 Å². The molecule has 2 rings (SSSR count). The molecule has 0 fully saturated rings. The largest absolute Gasteiger partial charge is 0.369 e. The van der Waals surface area contributed by atoms with Crippen molar-refractivity contribution in [3.8, 4) is 0 Å². The zero-order valence-electron chi connectivity index (χ0n) is 8.90. The summed E-state index contributed by atoms with van der Waals surface area (Å²) in [5.41, 5.74) is 1.02. The van der Waals surface area contributed by atoms with Gasteiger partial charge >= 0.3 is 0 Å². The Hall–Kier alpha value is -1.39. The lowest BCUT2D eigenvalue weighted by Crippen LogP contribution is -2.07. The summed E-state index contributed by atoms with van der Waals surface area (Å²) in [7, 11) is 0. The van der Waals surface area contributed by atoms with Crippen LogP contribution in [0.5, 0.6) is 0 Å². The standard InChI is InChI=1S/C11H10Cl2N4/c12-9-7-10(17-11(13)16-9)15-6-4-8-3-1-2-5-14-8/h1-3,5,7H,4,6H2,(H,15,16,17). The summed E-state index contributed by atoms with van der Waals surface area (Å²) >= 11 is 11.4. The number of hydrogen-bond acceptors (Lipinski definition) is 4. The first-order chi connectivity index (χ1) is 8.24. The summed E-state index contributed by atoms with van der Waals surface area (Å²) in [4.78, 5) is 12.0. The average Bonchev–Trinajstić information content (AvgIpc) is 2.29. The predicted octanol–water partition coefficient (Wildman–Crippen LogP) is 2.83.